The predicted octanol–water partition coefficient (Wildman–Crippen LogP) is 2.42. The first-order chi connectivity index (χ1) is 7.71. The van der Waals surface area contributed by atoms with Gasteiger partial charge in [-0.25, -0.2) is 0 Å². The molecule has 0 aliphatic rings. The van der Waals surface area contributed by atoms with Crippen LogP contribution in [0.3, 0.4) is 0 Å². The molecule has 3 N–H and O–H groups in total. The number of nitrogens with two attached hydrogens (primary N) is 1. The Bertz CT molecular complexity index is 434. The fourth-order valence-electron chi connectivity index (χ4n) is 1.31. The van der Waals surface area contributed by atoms with Gasteiger partial charge in [0.1, 0.15) is 6.04 Å². The minimum Gasteiger partial charge on any atom is -0.480 e. The molecule has 94 valence electrons. The van der Waals surface area contributed by atoms with Gasteiger partial charge in [0.25, 0.3) is 0 Å². The molecule has 1 atom stereocenters. The zero-order valence-electron chi connectivity index (χ0n) is 8.46. The predicted molar refractivity (Wildman–Crippen MR) is 58.5 cm³/mol. The van der Waals surface area contributed by atoms with Crippen LogP contribution in [0, 0.1) is 0 Å². The molecule has 1 aromatic rings. The molecular formula is C10H9BrF3NO2. The molecule has 0 saturated heterocycles. The van der Waals surface area contributed by atoms with E-state index in [-0.39, 0.29) is 16.5 Å². The third-order valence-electron chi connectivity index (χ3n) is 2.13. The van der Waals surface area contributed by atoms with Crippen molar-refractivity contribution in [3.05, 3.63) is 33.8 Å². The van der Waals surface area contributed by atoms with E-state index >= 15 is 0 Å². The highest BCUT2D eigenvalue weighted by Gasteiger charge is 2.34. The zero-order valence-corrected chi connectivity index (χ0v) is 10.0. The van der Waals surface area contributed by atoms with Crippen LogP contribution in [0.2, 0.25) is 0 Å². The highest BCUT2D eigenvalue weighted by Crippen LogP contribution is 2.34. The molecule has 0 radical (unpaired) electrons. The van der Waals surface area contributed by atoms with Crippen molar-refractivity contribution in [3.8, 4) is 0 Å². The van der Waals surface area contributed by atoms with Crippen LogP contribution in [-0.2, 0) is 17.4 Å². The molecule has 0 aliphatic carbocycles. The standard InChI is InChI=1S/C10H9BrF3NO2/c11-6-2-1-5(3-8(15)9(16)17)7(4-6)10(12,13)14/h1-2,4,8H,3,15H2,(H,16,17)/t8-/m0/s1. The second-order valence-electron chi connectivity index (χ2n) is 3.45. The van der Waals surface area contributed by atoms with Crippen molar-refractivity contribution in [2.45, 2.75) is 18.6 Å². The number of carboxylic acid groups (broad SMARTS) is 1. The number of hydrogen-bond acceptors (Lipinski definition) is 2. The first kappa shape index (κ1) is 14.0. The van der Waals surface area contributed by atoms with E-state index in [1.807, 2.05) is 0 Å². The Morgan fingerprint density at radius 2 is 2.06 bits per heavy atom. The van der Waals surface area contributed by atoms with Crippen LogP contribution in [0.4, 0.5) is 13.2 Å². The van der Waals surface area contributed by atoms with Crippen molar-refractivity contribution in [2.75, 3.05) is 0 Å². The lowest BCUT2D eigenvalue weighted by atomic mass is 10.0. The summed E-state index contributed by atoms with van der Waals surface area (Å²) in [5, 5.41) is 8.58. The number of carboxylic acids is 1. The van der Waals surface area contributed by atoms with Gasteiger partial charge in [-0.3, -0.25) is 4.79 Å². The van der Waals surface area contributed by atoms with Crippen molar-refractivity contribution in [1.29, 1.82) is 0 Å². The molecule has 7 heteroatoms. The van der Waals surface area contributed by atoms with E-state index in [4.69, 9.17) is 10.8 Å². The maximum atomic E-state index is 12.7. The summed E-state index contributed by atoms with van der Waals surface area (Å²) >= 11 is 2.94. The van der Waals surface area contributed by atoms with Gasteiger partial charge in [0, 0.05) is 4.47 Å². The lowest BCUT2D eigenvalue weighted by Crippen LogP contribution is -2.33. The Labute approximate surface area is 104 Å². The summed E-state index contributed by atoms with van der Waals surface area (Å²) in [6.45, 7) is 0. The monoisotopic (exact) mass is 311 g/mol. The van der Waals surface area contributed by atoms with Gasteiger partial charge in [0.05, 0.1) is 5.56 Å². The third kappa shape index (κ3) is 3.71. The van der Waals surface area contributed by atoms with E-state index in [0.29, 0.717) is 0 Å². The summed E-state index contributed by atoms with van der Waals surface area (Å²) in [6.07, 6.45) is -4.89. The number of hydrogen-bond donors (Lipinski definition) is 2. The fraction of sp³-hybridized carbons (Fsp3) is 0.300. The summed E-state index contributed by atoms with van der Waals surface area (Å²) in [5.74, 6) is -1.33. The van der Waals surface area contributed by atoms with Crippen LogP contribution in [-0.4, -0.2) is 17.1 Å². The summed E-state index contributed by atoms with van der Waals surface area (Å²) < 4.78 is 38.3. The van der Waals surface area contributed by atoms with Crippen molar-refractivity contribution >= 4 is 21.9 Å². The first-order valence-electron chi connectivity index (χ1n) is 4.56. The van der Waals surface area contributed by atoms with Crippen LogP contribution >= 0.6 is 15.9 Å². The van der Waals surface area contributed by atoms with Crippen LogP contribution in [0.5, 0.6) is 0 Å². The molecule has 0 aromatic heterocycles. The number of alkyl halides is 3. The molecule has 1 aromatic carbocycles. The van der Waals surface area contributed by atoms with Gasteiger partial charge < -0.3 is 10.8 Å². The van der Waals surface area contributed by atoms with E-state index in [9.17, 15) is 18.0 Å². The molecule has 0 fully saturated rings. The van der Waals surface area contributed by atoms with E-state index in [1.165, 1.54) is 12.1 Å². The molecule has 0 amide bonds. The van der Waals surface area contributed by atoms with E-state index in [2.05, 4.69) is 15.9 Å². The highest BCUT2D eigenvalue weighted by molar-refractivity contribution is 9.10. The van der Waals surface area contributed by atoms with Crippen molar-refractivity contribution in [2.24, 2.45) is 5.73 Å². The quantitative estimate of drug-likeness (QED) is 0.901. The topological polar surface area (TPSA) is 63.3 Å². The molecule has 0 spiro atoms. The summed E-state index contributed by atoms with van der Waals surface area (Å²) in [7, 11) is 0. The minimum atomic E-state index is -4.53. The van der Waals surface area contributed by atoms with Gasteiger partial charge in [-0.1, -0.05) is 22.0 Å². The second-order valence-corrected chi connectivity index (χ2v) is 4.36. The van der Waals surface area contributed by atoms with E-state index in [1.54, 1.807) is 0 Å². The molecule has 1 rings (SSSR count). The average molecular weight is 312 g/mol. The van der Waals surface area contributed by atoms with Gasteiger partial charge in [-0.2, -0.15) is 13.2 Å². The molecule has 0 bridgehead atoms. The number of carbonyl (C=O) groups is 1. The number of aliphatic carboxylic acids is 1. The van der Waals surface area contributed by atoms with Gasteiger partial charge in [0.15, 0.2) is 0 Å². The van der Waals surface area contributed by atoms with Crippen molar-refractivity contribution in [1.82, 2.24) is 0 Å². The SMILES string of the molecule is N[C@@H](Cc1ccc(Br)cc1C(F)(F)F)C(=O)O. The van der Waals surface area contributed by atoms with Gasteiger partial charge >= 0.3 is 12.1 Å². The normalized spacial score (nSPS) is 13.5. The van der Waals surface area contributed by atoms with Gasteiger partial charge in [-0.05, 0) is 24.1 Å². The fourth-order valence-corrected chi connectivity index (χ4v) is 1.68. The van der Waals surface area contributed by atoms with E-state index < -0.39 is 23.8 Å². The lowest BCUT2D eigenvalue weighted by molar-refractivity contribution is -0.140. The van der Waals surface area contributed by atoms with E-state index in [0.717, 1.165) is 6.07 Å². The Morgan fingerprint density at radius 3 is 2.53 bits per heavy atom. The Kier molecular flexibility index (Phi) is 4.16. The molecule has 0 unspecified atom stereocenters. The first-order valence-corrected chi connectivity index (χ1v) is 5.35. The van der Waals surface area contributed by atoms with Crippen LogP contribution in [0.1, 0.15) is 11.1 Å². The zero-order chi connectivity index (χ0) is 13.2. The molecule has 0 aliphatic heterocycles. The molecule has 17 heavy (non-hydrogen) atoms. The Balaban J connectivity index is 3.11. The maximum Gasteiger partial charge on any atom is 0.416 e. The van der Waals surface area contributed by atoms with Crippen molar-refractivity contribution < 1.29 is 23.1 Å². The highest BCUT2D eigenvalue weighted by atomic mass is 79.9. The molecule has 0 saturated carbocycles. The van der Waals surface area contributed by atoms with Crippen LogP contribution in [0.15, 0.2) is 22.7 Å². The van der Waals surface area contributed by atoms with Gasteiger partial charge in [0.2, 0.25) is 0 Å². The summed E-state index contributed by atoms with van der Waals surface area (Å²) in [5.41, 5.74) is 4.22. The number of rotatable bonds is 3. The third-order valence-corrected chi connectivity index (χ3v) is 2.63. The minimum absolute atomic E-state index is 0.129. The molecule has 3 nitrogen and oxygen atoms in total. The van der Waals surface area contributed by atoms with Crippen LogP contribution < -0.4 is 5.73 Å². The number of benzene rings is 1. The van der Waals surface area contributed by atoms with Gasteiger partial charge in [-0.15, -0.1) is 0 Å². The second kappa shape index (κ2) is 5.05. The Hall–Kier alpha value is -1.08. The van der Waals surface area contributed by atoms with Crippen molar-refractivity contribution in [3.63, 3.8) is 0 Å². The maximum absolute atomic E-state index is 12.7. The largest absolute Gasteiger partial charge is 0.480 e. The number of halogens is 4. The summed E-state index contributed by atoms with van der Waals surface area (Å²) in [4.78, 5) is 10.5. The lowest BCUT2D eigenvalue weighted by Gasteiger charge is -2.14. The average Bonchev–Trinajstić information content (AvgIpc) is 2.18. The smallest absolute Gasteiger partial charge is 0.416 e. The summed E-state index contributed by atoms with van der Waals surface area (Å²) in [6, 6.07) is 2.19. The van der Waals surface area contributed by atoms with Crippen LogP contribution in [0.25, 0.3) is 0 Å². The molecule has 0 heterocycles. The molecular weight excluding hydrogens is 303 g/mol. The Morgan fingerprint density at radius 1 is 1.47 bits per heavy atom.